The molecule has 0 aromatic heterocycles. The third-order valence-electron chi connectivity index (χ3n) is 5.98. The minimum Gasteiger partial charge on any atom is -0.496 e. The highest BCUT2D eigenvalue weighted by Gasteiger charge is 2.32. The minimum atomic E-state index is 0.295. The highest BCUT2D eigenvalue weighted by molar-refractivity contribution is 5.36. The van der Waals surface area contributed by atoms with Gasteiger partial charge in [0.05, 0.1) is 7.11 Å². The normalized spacial score (nSPS) is 23.7. The second-order valence-electron chi connectivity index (χ2n) is 7.73. The molecule has 1 saturated carbocycles. The molecular formula is C21H34N2O2. The first kappa shape index (κ1) is 18.7. The molecule has 140 valence electrons. The number of ether oxygens (including phenoxy) is 1. The summed E-state index contributed by atoms with van der Waals surface area (Å²) in [7, 11) is 1.73. The fraction of sp³-hybridized carbons (Fsp3) is 0.714. The van der Waals surface area contributed by atoms with E-state index in [-0.39, 0.29) is 0 Å². The lowest BCUT2D eigenvalue weighted by Crippen LogP contribution is -2.56. The Morgan fingerprint density at radius 2 is 1.96 bits per heavy atom. The maximum absolute atomic E-state index is 9.55. The molecule has 1 saturated heterocycles. The Morgan fingerprint density at radius 3 is 2.64 bits per heavy atom. The van der Waals surface area contributed by atoms with Crippen LogP contribution in [0.3, 0.4) is 0 Å². The van der Waals surface area contributed by atoms with Crippen molar-refractivity contribution >= 4 is 0 Å². The summed E-state index contributed by atoms with van der Waals surface area (Å²) in [5, 5.41) is 9.55. The number of nitrogens with zero attached hydrogens (tertiary/aromatic N) is 2. The van der Waals surface area contributed by atoms with Crippen molar-refractivity contribution in [3.05, 3.63) is 29.3 Å². The van der Waals surface area contributed by atoms with E-state index < -0.39 is 0 Å². The van der Waals surface area contributed by atoms with Crippen LogP contribution < -0.4 is 4.74 Å². The monoisotopic (exact) mass is 346 g/mol. The van der Waals surface area contributed by atoms with Gasteiger partial charge in [-0.2, -0.15) is 0 Å². The zero-order chi connectivity index (χ0) is 17.6. The van der Waals surface area contributed by atoms with Gasteiger partial charge >= 0.3 is 0 Å². The topological polar surface area (TPSA) is 35.9 Å². The van der Waals surface area contributed by atoms with Gasteiger partial charge in [0.15, 0.2) is 0 Å². The van der Waals surface area contributed by atoms with E-state index in [0.717, 1.165) is 44.4 Å². The van der Waals surface area contributed by atoms with Gasteiger partial charge in [-0.3, -0.25) is 9.80 Å². The van der Waals surface area contributed by atoms with Gasteiger partial charge in [0.1, 0.15) is 5.75 Å². The molecule has 0 bridgehead atoms. The van der Waals surface area contributed by atoms with Crippen LogP contribution in [0, 0.1) is 6.92 Å². The molecule has 4 heteroatoms. The Morgan fingerprint density at radius 1 is 1.16 bits per heavy atom. The van der Waals surface area contributed by atoms with Crippen LogP contribution in [0.5, 0.6) is 5.75 Å². The number of rotatable bonds is 6. The van der Waals surface area contributed by atoms with Crippen LogP contribution in [0.15, 0.2) is 18.2 Å². The number of hydrogen-bond acceptors (Lipinski definition) is 4. The Bertz CT molecular complexity index is 543. The molecule has 1 aliphatic heterocycles. The van der Waals surface area contributed by atoms with Gasteiger partial charge in [-0.1, -0.05) is 31.4 Å². The van der Waals surface area contributed by atoms with Crippen LogP contribution in [0.1, 0.15) is 49.7 Å². The average molecular weight is 347 g/mol. The van der Waals surface area contributed by atoms with Crippen molar-refractivity contribution in [3.8, 4) is 5.75 Å². The first-order chi connectivity index (χ1) is 12.2. The molecule has 1 aromatic carbocycles. The van der Waals surface area contributed by atoms with E-state index in [4.69, 9.17) is 4.74 Å². The summed E-state index contributed by atoms with van der Waals surface area (Å²) in [5.74, 6) is 0.962. The summed E-state index contributed by atoms with van der Waals surface area (Å²) in [4.78, 5) is 5.27. The Balaban J connectivity index is 1.62. The second kappa shape index (κ2) is 9.02. The van der Waals surface area contributed by atoms with Gasteiger partial charge in [0.2, 0.25) is 0 Å². The van der Waals surface area contributed by atoms with E-state index in [2.05, 4.69) is 34.9 Å². The highest BCUT2D eigenvalue weighted by Crippen LogP contribution is 2.28. The molecule has 4 nitrogen and oxygen atoms in total. The summed E-state index contributed by atoms with van der Waals surface area (Å²) in [6.45, 7) is 6.74. The molecular weight excluding hydrogens is 312 g/mol. The highest BCUT2D eigenvalue weighted by atomic mass is 16.5. The molecule has 25 heavy (non-hydrogen) atoms. The number of piperazine rings is 1. The molecule has 0 radical (unpaired) electrons. The molecule has 2 fully saturated rings. The quantitative estimate of drug-likeness (QED) is 0.858. The lowest BCUT2D eigenvalue weighted by molar-refractivity contribution is 0.0137. The average Bonchev–Trinajstić information content (AvgIpc) is 2.63. The van der Waals surface area contributed by atoms with E-state index in [0.29, 0.717) is 12.6 Å². The van der Waals surface area contributed by atoms with Crippen LogP contribution in [0.25, 0.3) is 0 Å². The molecule has 1 aromatic rings. The molecule has 2 aliphatic rings. The second-order valence-corrected chi connectivity index (χ2v) is 7.73. The fourth-order valence-electron chi connectivity index (χ4n) is 4.67. The Kier molecular flexibility index (Phi) is 6.74. The Labute approximate surface area is 152 Å². The third kappa shape index (κ3) is 4.75. The van der Waals surface area contributed by atoms with Gasteiger partial charge in [-0.25, -0.2) is 0 Å². The molecule has 1 atom stereocenters. The predicted molar refractivity (Wildman–Crippen MR) is 102 cm³/mol. The van der Waals surface area contributed by atoms with Gasteiger partial charge in [-0.05, 0) is 43.4 Å². The number of aryl methyl sites for hydroxylation is 1. The molecule has 1 aliphatic carbocycles. The lowest BCUT2D eigenvalue weighted by Gasteiger charge is -2.46. The van der Waals surface area contributed by atoms with Crippen LogP contribution in [-0.2, 0) is 6.54 Å². The maximum atomic E-state index is 9.55. The minimum absolute atomic E-state index is 0.295. The van der Waals surface area contributed by atoms with Crippen molar-refractivity contribution in [2.24, 2.45) is 0 Å². The standard InChI is InChI=1S/C21H34N2O2/c1-17-14-18(8-9-21(17)25-2)15-22-11-12-23(20(16-22)10-13-24)19-6-4-3-5-7-19/h8-9,14,19-20,24H,3-7,10-13,15-16H2,1-2H3/t20-/m1/s1. The largest absolute Gasteiger partial charge is 0.496 e. The van der Waals surface area contributed by atoms with Crippen LogP contribution in [0.2, 0.25) is 0 Å². The van der Waals surface area contributed by atoms with E-state index in [1.165, 1.54) is 43.2 Å². The van der Waals surface area contributed by atoms with Gasteiger partial charge < -0.3 is 9.84 Å². The number of benzene rings is 1. The van der Waals surface area contributed by atoms with Gasteiger partial charge in [0.25, 0.3) is 0 Å². The lowest BCUT2D eigenvalue weighted by atomic mass is 9.91. The van der Waals surface area contributed by atoms with E-state index in [9.17, 15) is 5.11 Å². The van der Waals surface area contributed by atoms with Gasteiger partial charge in [-0.15, -0.1) is 0 Å². The first-order valence-electron chi connectivity index (χ1n) is 9.93. The maximum Gasteiger partial charge on any atom is 0.121 e. The van der Waals surface area contributed by atoms with Crippen molar-refractivity contribution < 1.29 is 9.84 Å². The summed E-state index contributed by atoms with van der Waals surface area (Å²) < 4.78 is 5.37. The van der Waals surface area contributed by atoms with E-state index >= 15 is 0 Å². The van der Waals surface area contributed by atoms with E-state index in [1.807, 2.05) is 0 Å². The SMILES string of the molecule is COc1ccc(CN2CCN(C3CCCCC3)[C@H](CCO)C2)cc1C. The third-order valence-corrected chi connectivity index (χ3v) is 5.98. The number of aliphatic hydroxyl groups is 1. The number of aliphatic hydroxyl groups excluding tert-OH is 1. The smallest absolute Gasteiger partial charge is 0.121 e. The summed E-state index contributed by atoms with van der Waals surface area (Å²) in [6.07, 6.45) is 7.75. The molecule has 0 amide bonds. The summed E-state index contributed by atoms with van der Waals surface area (Å²) in [5.41, 5.74) is 2.56. The van der Waals surface area contributed by atoms with Crippen molar-refractivity contribution in [3.63, 3.8) is 0 Å². The zero-order valence-electron chi connectivity index (χ0n) is 15.9. The number of methoxy groups -OCH3 is 1. The zero-order valence-corrected chi connectivity index (χ0v) is 15.9. The summed E-state index contributed by atoms with van der Waals surface area (Å²) in [6, 6.07) is 7.75. The van der Waals surface area contributed by atoms with Crippen molar-refractivity contribution in [2.75, 3.05) is 33.4 Å². The molecule has 0 spiro atoms. The predicted octanol–water partition coefficient (Wildman–Crippen LogP) is 3.20. The molecule has 0 unspecified atom stereocenters. The first-order valence-corrected chi connectivity index (χ1v) is 9.93. The van der Waals surface area contributed by atoms with E-state index in [1.54, 1.807) is 7.11 Å². The van der Waals surface area contributed by atoms with Crippen LogP contribution in [0.4, 0.5) is 0 Å². The van der Waals surface area contributed by atoms with Crippen LogP contribution >= 0.6 is 0 Å². The van der Waals surface area contributed by atoms with Crippen molar-refractivity contribution in [1.82, 2.24) is 9.80 Å². The number of hydrogen-bond donors (Lipinski definition) is 1. The van der Waals surface area contributed by atoms with Gasteiger partial charge in [0, 0.05) is 44.9 Å². The summed E-state index contributed by atoms with van der Waals surface area (Å²) >= 11 is 0. The molecule has 1 heterocycles. The molecule has 3 rings (SSSR count). The van der Waals surface area contributed by atoms with Crippen molar-refractivity contribution in [2.45, 2.75) is 64.1 Å². The fourth-order valence-corrected chi connectivity index (χ4v) is 4.67. The van der Waals surface area contributed by atoms with Crippen LogP contribution in [-0.4, -0.2) is 60.3 Å². The molecule has 1 N–H and O–H groups in total. The Hall–Kier alpha value is -1.10. The van der Waals surface area contributed by atoms with Crippen molar-refractivity contribution in [1.29, 1.82) is 0 Å².